The van der Waals surface area contributed by atoms with Crippen LogP contribution < -0.4 is 5.32 Å². The van der Waals surface area contributed by atoms with Gasteiger partial charge in [-0.25, -0.2) is 8.78 Å². The van der Waals surface area contributed by atoms with E-state index in [1.807, 2.05) is 0 Å². The normalized spacial score (nSPS) is 14.1. The van der Waals surface area contributed by atoms with E-state index in [0.29, 0.717) is 0 Å². The molecule has 0 saturated carbocycles. The number of aliphatic hydroxyl groups is 1. The number of ether oxygens (including phenoxy) is 1. The zero-order valence-electron chi connectivity index (χ0n) is 10.1. The number of benzene rings is 1. The fourth-order valence-electron chi connectivity index (χ4n) is 1.39. The molecule has 6 heteroatoms. The second-order valence-corrected chi connectivity index (χ2v) is 3.84. The van der Waals surface area contributed by atoms with E-state index in [-0.39, 0.29) is 12.1 Å². The highest BCUT2D eigenvalue weighted by Gasteiger charge is 2.16. The van der Waals surface area contributed by atoms with Gasteiger partial charge in [0.25, 0.3) is 0 Å². The molecule has 0 bridgehead atoms. The van der Waals surface area contributed by atoms with Crippen LogP contribution in [-0.4, -0.2) is 30.8 Å². The van der Waals surface area contributed by atoms with Gasteiger partial charge in [0.1, 0.15) is 6.04 Å². The zero-order valence-corrected chi connectivity index (χ0v) is 10.1. The summed E-state index contributed by atoms with van der Waals surface area (Å²) in [6, 6.07) is 2.56. The van der Waals surface area contributed by atoms with E-state index in [0.717, 1.165) is 12.1 Å². The van der Waals surface area contributed by atoms with Gasteiger partial charge in [-0.3, -0.25) is 4.79 Å². The van der Waals surface area contributed by atoms with Crippen molar-refractivity contribution in [2.45, 2.75) is 19.1 Å². The first kappa shape index (κ1) is 14.5. The Bertz CT molecular complexity index is 426. The Morgan fingerprint density at radius 1 is 1.44 bits per heavy atom. The molecule has 1 aromatic carbocycles. The molecule has 0 radical (unpaired) electrons. The molecule has 100 valence electrons. The highest BCUT2D eigenvalue weighted by Crippen LogP contribution is 2.15. The molecule has 1 aromatic rings. The molecule has 4 nitrogen and oxygen atoms in total. The molecule has 0 aliphatic rings. The third-order valence-electron chi connectivity index (χ3n) is 2.50. The lowest BCUT2D eigenvalue weighted by atomic mass is 10.1. The Morgan fingerprint density at radius 2 is 2.11 bits per heavy atom. The van der Waals surface area contributed by atoms with Gasteiger partial charge < -0.3 is 15.2 Å². The third-order valence-corrected chi connectivity index (χ3v) is 2.50. The number of rotatable bonds is 5. The van der Waals surface area contributed by atoms with Crippen LogP contribution in [0.15, 0.2) is 18.2 Å². The van der Waals surface area contributed by atoms with Gasteiger partial charge in [-0.1, -0.05) is 6.07 Å². The number of nitrogens with one attached hydrogen (secondary N) is 1. The summed E-state index contributed by atoms with van der Waals surface area (Å²) >= 11 is 0. The number of aliphatic hydroxyl groups excluding tert-OH is 1. The van der Waals surface area contributed by atoms with Crippen molar-refractivity contribution in [2.24, 2.45) is 0 Å². The van der Waals surface area contributed by atoms with Crippen molar-refractivity contribution in [2.75, 3.05) is 13.7 Å². The smallest absolute Gasteiger partial charge is 0.322 e. The zero-order chi connectivity index (χ0) is 13.7. The molecular formula is C12H15F2NO3. The largest absolute Gasteiger partial charge is 0.468 e. The summed E-state index contributed by atoms with van der Waals surface area (Å²) in [5, 5.41) is 12.5. The van der Waals surface area contributed by atoms with Crippen molar-refractivity contribution in [3.8, 4) is 0 Å². The average Bonchev–Trinajstić information content (AvgIpc) is 2.37. The Hall–Kier alpha value is -1.53. The molecule has 2 unspecified atom stereocenters. The number of methoxy groups -OCH3 is 1. The Morgan fingerprint density at radius 3 is 2.67 bits per heavy atom. The topological polar surface area (TPSA) is 58.6 Å². The van der Waals surface area contributed by atoms with E-state index >= 15 is 0 Å². The van der Waals surface area contributed by atoms with Crippen molar-refractivity contribution < 1.29 is 23.4 Å². The van der Waals surface area contributed by atoms with E-state index in [1.165, 1.54) is 13.2 Å². The van der Waals surface area contributed by atoms with E-state index in [4.69, 9.17) is 0 Å². The standard InChI is InChI=1S/C12H15F2NO3/c1-7(12(17)18-2)15-6-11(16)8-3-4-9(13)10(14)5-8/h3-5,7,11,15-16H,6H2,1-2H3. The predicted molar refractivity (Wildman–Crippen MR) is 60.8 cm³/mol. The molecule has 0 amide bonds. The summed E-state index contributed by atoms with van der Waals surface area (Å²) in [5.74, 6) is -2.46. The molecule has 1 rings (SSSR count). The summed E-state index contributed by atoms with van der Waals surface area (Å²) in [6.07, 6.45) is -1.03. The molecule has 18 heavy (non-hydrogen) atoms. The molecule has 2 N–H and O–H groups in total. The second-order valence-electron chi connectivity index (χ2n) is 3.84. The minimum Gasteiger partial charge on any atom is -0.468 e. The van der Waals surface area contributed by atoms with Gasteiger partial charge in [0.2, 0.25) is 0 Å². The van der Waals surface area contributed by atoms with Crippen LogP contribution in [0.3, 0.4) is 0 Å². The van der Waals surface area contributed by atoms with Gasteiger partial charge in [0, 0.05) is 6.54 Å². The minimum absolute atomic E-state index is 0.0291. The van der Waals surface area contributed by atoms with Crippen molar-refractivity contribution in [1.82, 2.24) is 5.32 Å². The lowest BCUT2D eigenvalue weighted by molar-refractivity contribution is -0.142. The van der Waals surface area contributed by atoms with E-state index in [1.54, 1.807) is 6.92 Å². The first-order chi connectivity index (χ1) is 8.45. The predicted octanol–water partition coefficient (Wildman–Crippen LogP) is 1.15. The summed E-state index contributed by atoms with van der Waals surface area (Å²) < 4.78 is 30.1. The molecule has 0 aliphatic heterocycles. The Balaban J connectivity index is 2.57. The third kappa shape index (κ3) is 3.75. The fraction of sp³-hybridized carbons (Fsp3) is 0.417. The molecule has 0 fully saturated rings. The van der Waals surface area contributed by atoms with Crippen LogP contribution in [-0.2, 0) is 9.53 Å². The van der Waals surface area contributed by atoms with Crippen molar-refractivity contribution in [3.63, 3.8) is 0 Å². The lowest BCUT2D eigenvalue weighted by Crippen LogP contribution is -2.37. The maximum atomic E-state index is 12.9. The molecule has 0 spiro atoms. The summed E-state index contributed by atoms with van der Waals surface area (Å²) in [5.41, 5.74) is 0.235. The van der Waals surface area contributed by atoms with Gasteiger partial charge in [-0.15, -0.1) is 0 Å². The monoisotopic (exact) mass is 259 g/mol. The summed E-state index contributed by atoms with van der Waals surface area (Å²) in [6.45, 7) is 1.60. The van der Waals surface area contributed by atoms with E-state index in [2.05, 4.69) is 10.1 Å². The number of hydrogen-bond donors (Lipinski definition) is 2. The summed E-state index contributed by atoms with van der Waals surface area (Å²) in [4.78, 5) is 11.1. The number of halogens is 2. The van der Waals surface area contributed by atoms with Crippen molar-refractivity contribution >= 4 is 5.97 Å². The Kier molecular flexibility index (Phi) is 5.18. The van der Waals surface area contributed by atoms with Gasteiger partial charge in [-0.2, -0.15) is 0 Å². The number of esters is 1. The molecule has 0 aromatic heterocycles. The van der Waals surface area contributed by atoms with Crippen LogP contribution in [0.4, 0.5) is 8.78 Å². The maximum absolute atomic E-state index is 12.9. The van der Waals surface area contributed by atoms with Crippen LogP contribution in [0.5, 0.6) is 0 Å². The molecule has 0 aliphatic carbocycles. The SMILES string of the molecule is COC(=O)C(C)NCC(O)c1ccc(F)c(F)c1. The average molecular weight is 259 g/mol. The van der Waals surface area contributed by atoms with E-state index < -0.39 is 29.7 Å². The molecule has 2 atom stereocenters. The van der Waals surface area contributed by atoms with Crippen LogP contribution in [0, 0.1) is 11.6 Å². The van der Waals surface area contributed by atoms with Crippen molar-refractivity contribution in [3.05, 3.63) is 35.4 Å². The Labute approximate surface area is 104 Å². The van der Waals surface area contributed by atoms with Gasteiger partial charge in [0.05, 0.1) is 13.2 Å². The van der Waals surface area contributed by atoms with Gasteiger partial charge in [-0.05, 0) is 24.6 Å². The van der Waals surface area contributed by atoms with Crippen LogP contribution in [0.25, 0.3) is 0 Å². The second kappa shape index (κ2) is 6.42. The minimum atomic E-state index is -1.03. The van der Waals surface area contributed by atoms with Gasteiger partial charge >= 0.3 is 5.97 Å². The molecular weight excluding hydrogens is 244 g/mol. The number of hydrogen-bond acceptors (Lipinski definition) is 4. The van der Waals surface area contributed by atoms with Crippen LogP contribution in [0.2, 0.25) is 0 Å². The maximum Gasteiger partial charge on any atom is 0.322 e. The highest BCUT2D eigenvalue weighted by molar-refractivity contribution is 5.75. The quantitative estimate of drug-likeness (QED) is 0.779. The van der Waals surface area contributed by atoms with Crippen molar-refractivity contribution in [1.29, 1.82) is 0 Å². The first-order valence-corrected chi connectivity index (χ1v) is 5.40. The highest BCUT2D eigenvalue weighted by atomic mass is 19.2. The summed E-state index contributed by atoms with van der Waals surface area (Å²) in [7, 11) is 1.26. The van der Waals surface area contributed by atoms with E-state index in [9.17, 15) is 18.7 Å². The lowest BCUT2D eigenvalue weighted by Gasteiger charge is -2.15. The van der Waals surface area contributed by atoms with Gasteiger partial charge in [0.15, 0.2) is 11.6 Å². The first-order valence-electron chi connectivity index (χ1n) is 5.40. The van der Waals surface area contributed by atoms with Crippen LogP contribution >= 0.6 is 0 Å². The van der Waals surface area contributed by atoms with Crippen LogP contribution in [0.1, 0.15) is 18.6 Å². The number of carbonyl (C=O) groups is 1. The molecule has 0 heterocycles. The number of carbonyl (C=O) groups excluding carboxylic acids is 1. The molecule has 0 saturated heterocycles. The fourth-order valence-corrected chi connectivity index (χ4v) is 1.39.